The van der Waals surface area contributed by atoms with Crippen LogP contribution in [-0.2, 0) is 9.84 Å². The van der Waals surface area contributed by atoms with Crippen LogP contribution in [0.3, 0.4) is 0 Å². The highest BCUT2D eigenvalue weighted by atomic mass is 35.5. The van der Waals surface area contributed by atoms with E-state index in [-0.39, 0.29) is 5.91 Å². The fourth-order valence-electron chi connectivity index (χ4n) is 1.84. The summed E-state index contributed by atoms with van der Waals surface area (Å²) in [6, 6.07) is 4.80. The molecule has 0 N–H and O–H groups in total. The van der Waals surface area contributed by atoms with E-state index in [9.17, 15) is 13.2 Å². The molecule has 7 heteroatoms. The Hall–Kier alpha value is -0.720. The van der Waals surface area contributed by atoms with Gasteiger partial charge in [-0.3, -0.25) is 4.79 Å². The van der Waals surface area contributed by atoms with Crippen molar-refractivity contribution in [2.24, 2.45) is 0 Å². The molecule has 0 heterocycles. The van der Waals surface area contributed by atoms with E-state index in [0.717, 1.165) is 4.90 Å². The van der Waals surface area contributed by atoms with Crippen molar-refractivity contribution in [3.05, 3.63) is 28.8 Å². The van der Waals surface area contributed by atoms with Crippen LogP contribution in [0.1, 0.15) is 24.2 Å². The molecule has 0 fully saturated rings. The molecule has 0 aromatic heterocycles. The summed E-state index contributed by atoms with van der Waals surface area (Å²) in [4.78, 5) is 14.9. The molecule has 0 spiro atoms. The monoisotopic (exact) mass is 349 g/mol. The van der Waals surface area contributed by atoms with E-state index in [1.165, 1.54) is 22.9 Å². The summed E-state index contributed by atoms with van der Waals surface area (Å²) in [6.07, 6.45) is 3.09. The van der Waals surface area contributed by atoms with Crippen LogP contribution in [0.5, 0.6) is 0 Å². The largest absolute Gasteiger partial charge is 0.338 e. The number of thioether (sulfide) groups is 1. The number of amides is 1. The van der Waals surface area contributed by atoms with Crippen molar-refractivity contribution in [1.82, 2.24) is 4.90 Å². The maximum Gasteiger partial charge on any atom is 0.255 e. The Balaban J connectivity index is 3.08. The van der Waals surface area contributed by atoms with Crippen molar-refractivity contribution in [2.75, 3.05) is 19.6 Å². The highest BCUT2D eigenvalue weighted by Gasteiger charge is 2.29. The van der Waals surface area contributed by atoms with Gasteiger partial charge < -0.3 is 4.90 Å². The Morgan fingerprint density at radius 2 is 1.90 bits per heavy atom. The van der Waals surface area contributed by atoms with Gasteiger partial charge in [-0.15, -0.1) is 11.8 Å². The molecule has 0 unspecified atom stereocenters. The predicted octanol–water partition coefficient (Wildman–Crippen LogP) is 2.96. The SMILES string of the molecule is CSc1ccc(Cl)c(C(=O)N(C)[C@H](C)[C@H](C)S(C)(=O)=O)c1. The molecule has 0 aliphatic carbocycles. The first-order valence-corrected chi connectivity index (χ1v) is 9.95. The van der Waals surface area contributed by atoms with Crippen LogP contribution in [0, 0.1) is 0 Å². The molecule has 118 valence electrons. The number of rotatable bonds is 5. The van der Waals surface area contributed by atoms with E-state index in [1.807, 2.05) is 12.3 Å². The molecular weight excluding hydrogens is 330 g/mol. The topological polar surface area (TPSA) is 54.5 Å². The van der Waals surface area contributed by atoms with E-state index in [0.29, 0.717) is 10.6 Å². The second kappa shape index (κ2) is 7.03. The maximum atomic E-state index is 12.5. The van der Waals surface area contributed by atoms with Crippen LogP contribution >= 0.6 is 23.4 Å². The molecule has 21 heavy (non-hydrogen) atoms. The minimum atomic E-state index is -3.22. The maximum absolute atomic E-state index is 12.5. The van der Waals surface area contributed by atoms with Gasteiger partial charge in [0, 0.05) is 24.2 Å². The summed E-state index contributed by atoms with van der Waals surface area (Å²) in [6.45, 7) is 3.32. The second-order valence-corrected chi connectivity index (χ2v) is 8.73. The van der Waals surface area contributed by atoms with Gasteiger partial charge in [0.05, 0.1) is 15.8 Å². The molecule has 0 radical (unpaired) electrons. The summed E-state index contributed by atoms with van der Waals surface area (Å²) >= 11 is 7.61. The van der Waals surface area contributed by atoms with Crippen molar-refractivity contribution in [3.63, 3.8) is 0 Å². The van der Waals surface area contributed by atoms with Crippen molar-refractivity contribution >= 4 is 39.1 Å². The standard InChI is InChI=1S/C14H20ClNO3S2/c1-9(10(2)21(5,18)19)16(3)14(17)12-8-11(20-4)6-7-13(12)15/h6-10H,1-5H3/t9-,10+/m1/s1. The number of hydrogen-bond donors (Lipinski definition) is 0. The van der Waals surface area contributed by atoms with Gasteiger partial charge in [0.25, 0.3) is 5.91 Å². The Bertz CT molecular complexity index is 631. The third kappa shape index (κ3) is 4.37. The first kappa shape index (κ1) is 18.3. The van der Waals surface area contributed by atoms with Gasteiger partial charge in [-0.25, -0.2) is 8.42 Å². The zero-order chi connectivity index (χ0) is 16.4. The number of carbonyl (C=O) groups is 1. The zero-order valence-electron chi connectivity index (χ0n) is 12.8. The van der Waals surface area contributed by atoms with Gasteiger partial charge in [0.2, 0.25) is 0 Å². The van der Waals surface area contributed by atoms with Gasteiger partial charge in [-0.2, -0.15) is 0 Å². The summed E-state index contributed by atoms with van der Waals surface area (Å²) in [5, 5.41) is -0.280. The van der Waals surface area contributed by atoms with Crippen LogP contribution in [0.4, 0.5) is 0 Å². The Kier molecular flexibility index (Phi) is 6.13. The smallest absolute Gasteiger partial charge is 0.255 e. The van der Waals surface area contributed by atoms with E-state index in [4.69, 9.17) is 11.6 Å². The molecule has 1 rings (SSSR count). The number of sulfone groups is 1. The molecule has 1 amide bonds. The lowest BCUT2D eigenvalue weighted by Gasteiger charge is -2.29. The van der Waals surface area contributed by atoms with Gasteiger partial charge in [0.1, 0.15) is 0 Å². The third-order valence-electron chi connectivity index (χ3n) is 3.69. The number of benzene rings is 1. The molecule has 0 saturated carbocycles. The normalized spacial score (nSPS) is 14.6. The van der Waals surface area contributed by atoms with E-state index in [1.54, 1.807) is 33.0 Å². The van der Waals surface area contributed by atoms with Crippen molar-refractivity contribution in [1.29, 1.82) is 0 Å². The van der Waals surface area contributed by atoms with Crippen molar-refractivity contribution < 1.29 is 13.2 Å². The van der Waals surface area contributed by atoms with E-state index >= 15 is 0 Å². The van der Waals surface area contributed by atoms with Gasteiger partial charge in [-0.1, -0.05) is 11.6 Å². The predicted molar refractivity (Wildman–Crippen MR) is 89.1 cm³/mol. The van der Waals surface area contributed by atoms with Crippen LogP contribution in [0.25, 0.3) is 0 Å². The zero-order valence-corrected chi connectivity index (χ0v) is 15.1. The van der Waals surface area contributed by atoms with Gasteiger partial charge in [0.15, 0.2) is 9.84 Å². The summed E-state index contributed by atoms with van der Waals surface area (Å²) in [7, 11) is -1.62. The summed E-state index contributed by atoms with van der Waals surface area (Å²) < 4.78 is 23.3. The molecule has 1 aromatic carbocycles. The molecule has 4 nitrogen and oxygen atoms in total. The summed E-state index contributed by atoms with van der Waals surface area (Å²) in [5.74, 6) is -0.279. The molecule has 0 bridgehead atoms. The molecular formula is C14H20ClNO3S2. The fraction of sp³-hybridized carbons (Fsp3) is 0.500. The number of nitrogens with zero attached hydrogens (tertiary/aromatic N) is 1. The average molecular weight is 350 g/mol. The lowest BCUT2D eigenvalue weighted by Crippen LogP contribution is -2.44. The minimum Gasteiger partial charge on any atom is -0.338 e. The lowest BCUT2D eigenvalue weighted by molar-refractivity contribution is 0.0742. The quantitative estimate of drug-likeness (QED) is 0.767. The molecule has 0 aliphatic rings. The van der Waals surface area contributed by atoms with Crippen molar-refractivity contribution in [2.45, 2.75) is 30.0 Å². The number of carbonyl (C=O) groups excluding carboxylic acids is 1. The van der Waals surface area contributed by atoms with Gasteiger partial charge in [-0.05, 0) is 38.3 Å². The van der Waals surface area contributed by atoms with Crippen LogP contribution in [0.2, 0.25) is 5.02 Å². The number of halogens is 1. The molecule has 0 aliphatic heterocycles. The first-order valence-electron chi connectivity index (χ1n) is 6.39. The van der Waals surface area contributed by atoms with Crippen LogP contribution < -0.4 is 0 Å². The lowest BCUT2D eigenvalue weighted by atomic mass is 10.1. The molecule has 0 saturated heterocycles. The Morgan fingerprint density at radius 3 is 2.38 bits per heavy atom. The first-order chi connectivity index (χ1) is 9.59. The number of hydrogen-bond acceptors (Lipinski definition) is 4. The third-order valence-corrected chi connectivity index (χ3v) is 6.49. The summed E-state index contributed by atoms with van der Waals surface area (Å²) in [5.41, 5.74) is 0.388. The van der Waals surface area contributed by atoms with Crippen LogP contribution in [0.15, 0.2) is 23.1 Å². The van der Waals surface area contributed by atoms with Gasteiger partial charge >= 0.3 is 0 Å². The molecule has 2 atom stereocenters. The Labute approximate surface area is 135 Å². The second-order valence-electron chi connectivity index (χ2n) is 5.04. The molecule has 1 aromatic rings. The average Bonchev–Trinajstić information content (AvgIpc) is 2.43. The van der Waals surface area contributed by atoms with Crippen molar-refractivity contribution in [3.8, 4) is 0 Å². The highest BCUT2D eigenvalue weighted by molar-refractivity contribution is 7.98. The minimum absolute atomic E-state index is 0.279. The van der Waals surface area contributed by atoms with Crippen LogP contribution in [-0.4, -0.2) is 50.1 Å². The fourth-order valence-corrected chi connectivity index (χ4v) is 3.38. The van der Waals surface area contributed by atoms with E-state index < -0.39 is 21.1 Å². The Morgan fingerprint density at radius 1 is 1.33 bits per heavy atom. The highest BCUT2D eigenvalue weighted by Crippen LogP contribution is 2.25. The van der Waals surface area contributed by atoms with E-state index in [2.05, 4.69) is 0 Å².